The molecule has 0 radical (unpaired) electrons. The van der Waals surface area contributed by atoms with Gasteiger partial charge in [-0.15, -0.1) is 0 Å². The van der Waals surface area contributed by atoms with Crippen LogP contribution in [0, 0.1) is 6.92 Å². The van der Waals surface area contributed by atoms with Gasteiger partial charge in [-0.2, -0.15) is 5.06 Å². The Morgan fingerprint density at radius 1 is 1.37 bits per heavy atom. The fraction of sp³-hybridized carbons (Fsp3) is 0.353. The molecule has 1 saturated heterocycles. The smallest absolute Gasteiger partial charge is 0.345 e. The number of anilines is 1. The number of hydrogen-bond donors (Lipinski definition) is 4. The highest BCUT2D eigenvalue weighted by molar-refractivity contribution is 5.88. The molecule has 1 aromatic heterocycles. The minimum Gasteiger partial charge on any atom is -0.394 e. The van der Waals surface area contributed by atoms with E-state index in [1.807, 2.05) is 0 Å². The fourth-order valence-corrected chi connectivity index (χ4v) is 2.96. The van der Waals surface area contributed by atoms with Gasteiger partial charge < -0.3 is 15.2 Å². The van der Waals surface area contributed by atoms with Crippen molar-refractivity contribution in [3.63, 3.8) is 0 Å². The summed E-state index contributed by atoms with van der Waals surface area (Å²) in [6.45, 7) is 1.07. The van der Waals surface area contributed by atoms with Crippen LogP contribution in [0.1, 0.15) is 18.2 Å². The molecule has 0 bridgehead atoms. The Morgan fingerprint density at radius 3 is 2.74 bits per heavy atom. The van der Waals surface area contributed by atoms with Gasteiger partial charge in [-0.05, 0) is 19.1 Å². The number of amides is 2. The van der Waals surface area contributed by atoms with E-state index in [1.165, 1.54) is 17.7 Å². The number of ether oxygens (including phenoxy) is 1. The summed E-state index contributed by atoms with van der Waals surface area (Å²) in [4.78, 5) is 38.0. The molecular formula is C17H20N4O6. The third-order valence-electron chi connectivity index (χ3n) is 4.39. The lowest BCUT2D eigenvalue weighted by molar-refractivity contribution is -0.105. The first-order valence-electron chi connectivity index (χ1n) is 8.33. The summed E-state index contributed by atoms with van der Waals surface area (Å²) in [7, 11) is 0. The summed E-state index contributed by atoms with van der Waals surface area (Å²) >= 11 is 0. The van der Waals surface area contributed by atoms with E-state index in [4.69, 9.17) is 4.74 Å². The Bertz CT molecular complexity index is 925. The number of carbonyl (C=O) groups is 1. The minimum absolute atomic E-state index is 0.0509. The van der Waals surface area contributed by atoms with E-state index in [9.17, 15) is 24.7 Å². The van der Waals surface area contributed by atoms with E-state index in [2.05, 4.69) is 10.3 Å². The molecule has 2 amide bonds. The molecule has 1 aliphatic heterocycles. The molecule has 3 rings (SSSR count). The van der Waals surface area contributed by atoms with Gasteiger partial charge >= 0.3 is 11.7 Å². The van der Waals surface area contributed by atoms with Gasteiger partial charge in [-0.1, -0.05) is 18.2 Å². The molecule has 1 aromatic carbocycles. The van der Waals surface area contributed by atoms with Gasteiger partial charge in [0.15, 0.2) is 0 Å². The number of H-pyrrole nitrogens is 1. The first kappa shape index (κ1) is 18.8. The summed E-state index contributed by atoms with van der Waals surface area (Å²) in [5, 5.41) is 22.8. The summed E-state index contributed by atoms with van der Waals surface area (Å²) in [5.74, 6) is 0. The molecule has 1 aliphatic rings. The van der Waals surface area contributed by atoms with E-state index in [0.717, 1.165) is 0 Å². The second-order valence-corrected chi connectivity index (χ2v) is 6.23. The number of para-hydroxylation sites is 1. The molecule has 10 nitrogen and oxygen atoms in total. The number of carbonyl (C=O) groups excluding carboxylic acids is 1. The van der Waals surface area contributed by atoms with E-state index < -0.39 is 42.3 Å². The molecule has 0 saturated carbocycles. The topological polar surface area (TPSA) is 137 Å². The van der Waals surface area contributed by atoms with Crippen molar-refractivity contribution in [2.75, 3.05) is 11.9 Å². The Labute approximate surface area is 153 Å². The average molecular weight is 376 g/mol. The van der Waals surface area contributed by atoms with Crippen molar-refractivity contribution in [3.8, 4) is 0 Å². The Balaban J connectivity index is 1.78. The number of hydrogen-bond acceptors (Lipinski definition) is 6. The van der Waals surface area contributed by atoms with Crippen LogP contribution >= 0.6 is 0 Å². The van der Waals surface area contributed by atoms with Crippen LogP contribution in [-0.2, 0) is 4.74 Å². The highest BCUT2D eigenvalue weighted by Gasteiger charge is 2.41. The molecule has 0 spiro atoms. The van der Waals surface area contributed by atoms with Gasteiger partial charge in [0.1, 0.15) is 12.3 Å². The predicted molar refractivity (Wildman–Crippen MR) is 94.5 cm³/mol. The number of aliphatic hydroxyl groups excluding tert-OH is 1. The summed E-state index contributed by atoms with van der Waals surface area (Å²) in [5.41, 5.74) is -0.378. The lowest BCUT2D eigenvalue weighted by atomic mass is 10.1. The number of aliphatic hydroxyl groups is 1. The molecule has 1 fully saturated rings. The minimum atomic E-state index is -0.902. The maximum atomic E-state index is 12.3. The van der Waals surface area contributed by atoms with Crippen molar-refractivity contribution < 1.29 is 19.8 Å². The molecule has 2 heterocycles. The third-order valence-corrected chi connectivity index (χ3v) is 4.39. The second kappa shape index (κ2) is 7.74. The number of urea groups is 1. The molecule has 2 aromatic rings. The highest BCUT2D eigenvalue weighted by Crippen LogP contribution is 2.30. The van der Waals surface area contributed by atoms with Crippen molar-refractivity contribution >= 4 is 11.7 Å². The van der Waals surface area contributed by atoms with Crippen molar-refractivity contribution in [1.82, 2.24) is 14.6 Å². The van der Waals surface area contributed by atoms with Crippen LogP contribution in [0.15, 0.2) is 46.1 Å². The summed E-state index contributed by atoms with van der Waals surface area (Å²) in [6.07, 6.45) is -0.362. The van der Waals surface area contributed by atoms with Crippen molar-refractivity contribution in [2.24, 2.45) is 0 Å². The lowest BCUT2D eigenvalue weighted by Crippen LogP contribution is -2.45. The van der Waals surface area contributed by atoms with Crippen LogP contribution in [0.25, 0.3) is 0 Å². The van der Waals surface area contributed by atoms with Crippen LogP contribution in [0.3, 0.4) is 0 Å². The van der Waals surface area contributed by atoms with Crippen LogP contribution < -0.4 is 16.6 Å². The SMILES string of the molecule is Cc1cn([C@H]2C[C@@H](N(O)C(=O)Nc3ccccc3)[C@@H](CO)O2)c(=O)[nH]c1=O. The first-order chi connectivity index (χ1) is 12.9. The zero-order valence-corrected chi connectivity index (χ0v) is 14.5. The third kappa shape index (κ3) is 3.92. The molecule has 27 heavy (non-hydrogen) atoms. The molecule has 0 aliphatic carbocycles. The van der Waals surface area contributed by atoms with E-state index in [0.29, 0.717) is 16.3 Å². The Morgan fingerprint density at radius 2 is 2.07 bits per heavy atom. The van der Waals surface area contributed by atoms with Crippen molar-refractivity contribution in [2.45, 2.75) is 31.7 Å². The number of hydroxylamine groups is 2. The van der Waals surface area contributed by atoms with Gasteiger partial charge in [-0.3, -0.25) is 19.6 Å². The summed E-state index contributed by atoms with van der Waals surface area (Å²) in [6, 6.07) is 6.88. The molecule has 144 valence electrons. The number of aromatic amines is 1. The quantitative estimate of drug-likeness (QED) is 0.451. The maximum Gasteiger partial charge on any atom is 0.345 e. The summed E-state index contributed by atoms with van der Waals surface area (Å²) < 4.78 is 6.78. The number of rotatable bonds is 4. The van der Waals surface area contributed by atoms with Gasteiger partial charge in [-0.25, -0.2) is 9.59 Å². The van der Waals surface area contributed by atoms with Crippen LogP contribution in [0.5, 0.6) is 0 Å². The number of aryl methyl sites for hydroxylation is 1. The normalized spacial score (nSPS) is 21.8. The van der Waals surface area contributed by atoms with Gasteiger partial charge in [0.2, 0.25) is 0 Å². The maximum absolute atomic E-state index is 12.3. The van der Waals surface area contributed by atoms with Gasteiger partial charge in [0, 0.05) is 23.9 Å². The molecule has 0 unspecified atom stereocenters. The zero-order valence-electron chi connectivity index (χ0n) is 14.5. The second-order valence-electron chi connectivity index (χ2n) is 6.23. The van der Waals surface area contributed by atoms with Crippen LogP contribution in [0.2, 0.25) is 0 Å². The number of benzene rings is 1. The molecular weight excluding hydrogens is 356 g/mol. The van der Waals surface area contributed by atoms with Crippen LogP contribution in [-0.4, -0.2) is 49.7 Å². The van der Waals surface area contributed by atoms with Gasteiger partial charge in [0.25, 0.3) is 5.56 Å². The van der Waals surface area contributed by atoms with Crippen molar-refractivity contribution in [1.29, 1.82) is 0 Å². The van der Waals surface area contributed by atoms with Gasteiger partial charge in [0.05, 0.1) is 12.6 Å². The van der Waals surface area contributed by atoms with E-state index >= 15 is 0 Å². The Hall–Kier alpha value is -2.95. The number of nitrogens with zero attached hydrogens (tertiary/aromatic N) is 2. The van der Waals surface area contributed by atoms with E-state index in [1.54, 1.807) is 30.3 Å². The van der Waals surface area contributed by atoms with Crippen LogP contribution in [0.4, 0.5) is 10.5 Å². The number of aromatic nitrogens is 2. The Kier molecular flexibility index (Phi) is 5.40. The molecule has 3 atom stereocenters. The largest absolute Gasteiger partial charge is 0.394 e. The standard InChI is InChI=1S/C17H20N4O6/c1-10-8-20(16(24)19-15(10)23)14-7-12(13(9-22)27-14)21(26)17(25)18-11-5-3-2-4-6-11/h2-6,8,12-14,22,26H,7,9H2,1H3,(H,18,25)(H,19,23,24)/t12-,13-,14-/m1/s1. The monoisotopic (exact) mass is 376 g/mol. The highest BCUT2D eigenvalue weighted by atomic mass is 16.6. The predicted octanol–water partition coefficient (Wildman–Crippen LogP) is 0.417. The average Bonchev–Trinajstić information content (AvgIpc) is 3.09. The van der Waals surface area contributed by atoms with Crippen molar-refractivity contribution in [3.05, 3.63) is 62.9 Å². The number of nitrogens with one attached hydrogen (secondary N) is 2. The first-order valence-corrected chi connectivity index (χ1v) is 8.33. The lowest BCUT2D eigenvalue weighted by Gasteiger charge is -2.25. The molecule has 10 heteroatoms. The fourth-order valence-electron chi connectivity index (χ4n) is 2.96. The zero-order chi connectivity index (χ0) is 19.6. The molecule has 4 N–H and O–H groups in total. The van der Waals surface area contributed by atoms with E-state index in [-0.39, 0.29) is 6.42 Å².